The average molecular weight is 411 g/mol. The van der Waals surface area contributed by atoms with Gasteiger partial charge in [-0.1, -0.05) is 37.5 Å². The van der Waals surface area contributed by atoms with E-state index < -0.39 is 16.0 Å². The second-order valence-corrected chi connectivity index (χ2v) is 9.25. The van der Waals surface area contributed by atoms with Crippen molar-refractivity contribution in [1.82, 2.24) is 10.0 Å². The second-order valence-electron chi connectivity index (χ2n) is 7.51. The van der Waals surface area contributed by atoms with E-state index in [9.17, 15) is 18.0 Å². The number of rotatable bonds is 8. The zero-order valence-electron chi connectivity index (χ0n) is 16.8. The fourth-order valence-electron chi connectivity index (χ4n) is 3.46. The van der Waals surface area contributed by atoms with Crippen LogP contribution in [0.2, 0.25) is 0 Å². The fraction of sp³-hybridized carbons (Fsp3) is 0.600. The molecule has 0 unspecified atom stereocenters. The topological polar surface area (TPSA) is 102 Å². The van der Waals surface area contributed by atoms with E-state index in [1.807, 2.05) is 6.92 Å². The molecule has 1 saturated carbocycles. The first-order chi connectivity index (χ1) is 13.2. The minimum atomic E-state index is -3.70. The number of ether oxygens (including phenoxy) is 1. The highest BCUT2D eigenvalue weighted by Gasteiger charge is 2.23. The van der Waals surface area contributed by atoms with Crippen LogP contribution in [0.15, 0.2) is 23.1 Å². The lowest BCUT2D eigenvalue weighted by molar-refractivity contribution is -0.148. The van der Waals surface area contributed by atoms with Crippen molar-refractivity contribution in [1.29, 1.82) is 0 Å². The molecule has 1 fully saturated rings. The maximum atomic E-state index is 12.3. The van der Waals surface area contributed by atoms with Crippen LogP contribution in [0.4, 0.5) is 0 Å². The normalized spacial score (nSPS) is 19.8. The van der Waals surface area contributed by atoms with Crippen LogP contribution < -0.4 is 10.0 Å². The standard InChI is InChI=1S/C20H30N2O5S/c1-14-8-9-18(16(3)12-14)28(25,26)21-11-10-20(24)27-13-19(23)22-17-7-5-4-6-15(17)2/h8-9,12,15,17,21H,4-7,10-11,13H2,1-3H3,(H,22,23)/t15-,17-/m1/s1. The van der Waals surface area contributed by atoms with Crippen molar-refractivity contribution < 1.29 is 22.7 Å². The van der Waals surface area contributed by atoms with Crippen molar-refractivity contribution in [3.8, 4) is 0 Å². The summed E-state index contributed by atoms with van der Waals surface area (Å²) in [5, 5.41) is 2.91. The van der Waals surface area contributed by atoms with Crippen LogP contribution in [0.1, 0.15) is 50.2 Å². The van der Waals surface area contributed by atoms with Crippen LogP contribution in [0.5, 0.6) is 0 Å². The third-order valence-electron chi connectivity index (χ3n) is 5.06. The maximum absolute atomic E-state index is 12.3. The molecular formula is C20H30N2O5S. The Morgan fingerprint density at radius 2 is 1.89 bits per heavy atom. The summed E-state index contributed by atoms with van der Waals surface area (Å²) in [6.07, 6.45) is 4.17. The Bertz CT molecular complexity index is 807. The first kappa shape index (κ1) is 22.4. The second kappa shape index (κ2) is 10.0. The highest BCUT2D eigenvalue weighted by Crippen LogP contribution is 2.23. The van der Waals surface area contributed by atoms with Gasteiger partial charge in [-0.05, 0) is 44.2 Å². The van der Waals surface area contributed by atoms with Crippen molar-refractivity contribution in [3.63, 3.8) is 0 Å². The number of hydrogen-bond acceptors (Lipinski definition) is 5. The van der Waals surface area contributed by atoms with Crippen molar-refractivity contribution in [2.75, 3.05) is 13.2 Å². The van der Waals surface area contributed by atoms with Gasteiger partial charge >= 0.3 is 5.97 Å². The molecule has 0 saturated heterocycles. The van der Waals surface area contributed by atoms with Gasteiger partial charge in [0.1, 0.15) is 0 Å². The monoisotopic (exact) mass is 410 g/mol. The van der Waals surface area contributed by atoms with E-state index in [2.05, 4.69) is 17.0 Å². The molecule has 0 aliphatic heterocycles. The fourth-order valence-corrected chi connectivity index (χ4v) is 4.72. The van der Waals surface area contributed by atoms with E-state index in [-0.39, 0.29) is 36.4 Å². The van der Waals surface area contributed by atoms with E-state index in [1.54, 1.807) is 25.1 Å². The van der Waals surface area contributed by atoms with Gasteiger partial charge in [0.2, 0.25) is 10.0 Å². The van der Waals surface area contributed by atoms with E-state index >= 15 is 0 Å². The summed E-state index contributed by atoms with van der Waals surface area (Å²) in [6, 6.07) is 5.18. The number of benzene rings is 1. The predicted octanol–water partition coefficient (Wildman–Crippen LogP) is 2.21. The van der Waals surface area contributed by atoms with E-state index in [4.69, 9.17) is 4.74 Å². The number of esters is 1. The van der Waals surface area contributed by atoms with Gasteiger partial charge < -0.3 is 10.1 Å². The summed E-state index contributed by atoms with van der Waals surface area (Å²) < 4.78 is 32.0. The van der Waals surface area contributed by atoms with Crippen LogP contribution in [-0.2, 0) is 24.3 Å². The lowest BCUT2D eigenvalue weighted by atomic mass is 9.86. The number of hydrogen-bond donors (Lipinski definition) is 2. The molecule has 0 radical (unpaired) electrons. The van der Waals surface area contributed by atoms with Gasteiger partial charge in [-0.15, -0.1) is 0 Å². The van der Waals surface area contributed by atoms with Gasteiger partial charge in [0.25, 0.3) is 5.91 Å². The minimum absolute atomic E-state index is 0.0875. The van der Waals surface area contributed by atoms with Crippen LogP contribution in [0, 0.1) is 19.8 Å². The van der Waals surface area contributed by atoms with Gasteiger partial charge in [-0.3, -0.25) is 9.59 Å². The summed E-state index contributed by atoms with van der Waals surface area (Å²) in [5.41, 5.74) is 1.62. The highest BCUT2D eigenvalue weighted by atomic mass is 32.2. The molecule has 0 spiro atoms. The molecule has 1 amide bonds. The minimum Gasteiger partial charge on any atom is -0.456 e. The SMILES string of the molecule is Cc1ccc(S(=O)(=O)NCCC(=O)OCC(=O)N[C@@H]2CCCC[C@H]2C)c(C)c1. The van der Waals surface area contributed by atoms with Crippen LogP contribution in [0.25, 0.3) is 0 Å². The number of carbonyl (C=O) groups excluding carboxylic acids is 2. The van der Waals surface area contributed by atoms with Crippen molar-refractivity contribution in [3.05, 3.63) is 29.3 Å². The molecule has 28 heavy (non-hydrogen) atoms. The molecule has 1 aliphatic carbocycles. The Hall–Kier alpha value is -1.93. The smallest absolute Gasteiger partial charge is 0.307 e. The molecule has 0 bridgehead atoms. The number of amides is 1. The molecule has 2 atom stereocenters. The number of sulfonamides is 1. The van der Waals surface area contributed by atoms with Crippen LogP contribution in [0.3, 0.4) is 0 Å². The number of carbonyl (C=O) groups is 2. The molecule has 1 aromatic rings. The summed E-state index contributed by atoms with van der Waals surface area (Å²) in [7, 11) is -3.70. The number of aryl methyl sites for hydroxylation is 2. The Morgan fingerprint density at radius 1 is 1.18 bits per heavy atom. The van der Waals surface area contributed by atoms with Crippen LogP contribution in [-0.4, -0.2) is 39.5 Å². The Balaban J connectivity index is 1.72. The van der Waals surface area contributed by atoms with Gasteiger partial charge in [0.05, 0.1) is 11.3 Å². The first-order valence-electron chi connectivity index (χ1n) is 9.71. The molecule has 1 aliphatic rings. The Kier molecular flexibility index (Phi) is 8.00. The Morgan fingerprint density at radius 3 is 2.57 bits per heavy atom. The van der Waals surface area contributed by atoms with E-state index in [0.717, 1.165) is 24.8 Å². The van der Waals surface area contributed by atoms with Gasteiger partial charge in [-0.25, -0.2) is 13.1 Å². The third-order valence-corrected chi connectivity index (χ3v) is 6.68. The largest absolute Gasteiger partial charge is 0.456 e. The quantitative estimate of drug-likeness (QED) is 0.640. The van der Waals surface area contributed by atoms with Crippen LogP contribution >= 0.6 is 0 Å². The molecular weight excluding hydrogens is 380 g/mol. The molecule has 8 heteroatoms. The molecule has 0 aromatic heterocycles. The van der Waals surface area contributed by atoms with Crippen molar-refractivity contribution >= 4 is 21.9 Å². The van der Waals surface area contributed by atoms with E-state index in [0.29, 0.717) is 11.5 Å². The van der Waals surface area contributed by atoms with E-state index in [1.165, 1.54) is 6.42 Å². The third kappa shape index (κ3) is 6.60. The summed E-state index contributed by atoms with van der Waals surface area (Å²) in [5.74, 6) is -0.508. The number of nitrogens with one attached hydrogen (secondary N) is 2. The molecule has 7 nitrogen and oxygen atoms in total. The zero-order chi connectivity index (χ0) is 20.7. The molecule has 2 rings (SSSR count). The van der Waals surface area contributed by atoms with Gasteiger partial charge in [0.15, 0.2) is 6.61 Å². The Labute approximate surface area is 167 Å². The maximum Gasteiger partial charge on any atom is 0.307 e. The summed E-state index contributed by atoms with van der Waals surface area (Å²) in [6.45, 7) is 5.29. The van der Waals surface area contributed by atoms with Gasteiger partial charge in [-0.2, -0.15) is 0 Å². The molecule has 156 valence electrons. The van der Waals surface area contributed by atoms with Crippen molar-refractivity contribution in [2.24, 2.45) is 5.92 Å². The van der Waals surface area contributed by atoms with Crippen molar-refractivity contribution in [2.45, 2.75) is 63.8 Å². The molecule has 0 heterocycles. The highest BCUT2D eigenvalue weighted by molar-refractivity contribution is 7.89. The lowest BCUT2D eigenvalue weighted by Gasteiger charge is -2.29. The zero-order valence-corrected chi connectivity index (χ0v) is 17.6. The average Bonchev–Trinajstić information content (AvgIpc) is 2.61. The summed E-state index contributed by atoms with van der Waals surface area (Å²) in [4.78, 5) is 23.9. The first-order valence-corrected chi connectivity index (χ1v) is 11.2. The molecule has 1 aromatic carbocycles. The predicted molar refractivity (Wildman–Crippen MR) is 106 cm³/mol. The lowest BCUT2D eigenvalue weighted by Crippen LogP contribution is -2.43. The van der Waals surface area contributed by atoms with Gasteiger partial charge in [0, 0.05) is 12.6 Å². The summed E-state index contributed by atoms with van der Waals surface area (Å²) >= 11 is 0. The molecule has 2 N–H and O–H groups in total.